The van der Waals surface area contributed by atoms with Crippen molar-refractivity contribution in [1.82, 2.24) is 15.4 Å². The van der Waals surface area contributed by atoms with Gasteiger partial charge in [0.05, 0.1) is 17.9 Å². The molecule has 4 N–H and O–H groups in total. The number of pyridine rings is 1. The average molecular weight is 394 g/mol. The monoisotopic (exact) mass is 394 g/mol. The van der Waals surface area contributed by atoms with Crippen molar-refractivity contribution in [3.63, 3.8) is 0 Å². The topological polar surface area (TPSA) is 105 Å². The Morgan fingerprint density at radius 2 is 2.28 bits per heavy atom. The maximum Gasteiger partial charge on any atom is 0.253 e. The number of hydrazine groups is 1. The lowest BCUT2D eigenvalue weighted by Crippen LogP contribution is -2.41. The third-order valence-corrected chi connectivity index (χ3v) is 5.36. The third-order valence-electron chi connectivity index (χ3n) is 5.36. The van der Waals surface area contributed by atoms with Crippen LogP contribution in [0.2, 0.25) is 0 Å². The van der Waals surface area contributed by atoms with Gasteiger partial charge in [0.2, 0.25) is 0 Å². The molecule has 2 aliphatic heterocycles. The molecule has 0 saturated carbocycles. The van der Waals surface area contributed by atoms with E-state index in [0.717, 1.165) is 42.8 Å². The number of benzene rings is 1. The van der Waals surface area contributed by atoms with Crippen LogP contribution in [0.5, 0.6) is 5.75 Å². The number of nitrogens with two attached hydrogens (primary N) is 1. The molecule has 2 aliphatic rings. The first kappa shape index (κ1) is 19.0. The molecule has 0 unspecified atom stereocenters. The zero-order valence-electron chi connectivity index (χ0n) is 16.5. The van der Waals surface area contributed by atoms with Gasteiger partial charge in [-0.15, -0.1) is 5.10 Å². The van der Waals surface area contributed by atoms with E-state index in [2.05, 4.69) is 21.0 Å². The van der Waals surface area contributed by atoms with Gasteiger partial charge in [-0.3, -0.25) is 15.2 Å². The molecular formula is C21H26N6O2. The zero-order valence-corrected chi connectivity index (χ0v) is 16.5. The van der Waals surface area contributed by atoms with Gasteiger partial charge < -0.3 is 15.4 Å². The van der Waals surface area contributed by atoms with E-state index in [4.69, 9.17) is 10.5 Å². The van der Waals surface area contributed by atoms with E-state index in [-0.39, 0.29) is 11.8 Å². The number of amides is 1. The number of ether oxygens (including phenoxy) is 1. The molecule has 0 radical (unpaired) electrons. The number of nitrogens with zero attached hydrogens (tertiary/aromatic N) is 3. The summed E-state index contributed by atoms with van der Waals surface area (Å²) in [6.07, 6.45) is 4.52. The molecule has 1 saturated heterocycles. The minimum atomic E-state index is 0.0653. The Balaban J connectivity index is 1.41. The molecular weight excluding hydrogens is 368 g/mol. The SMILES string of the molecule is CCc1cc(C(=O)N2CCC[C@H](COc3cccc4c3C(N)=NNN4)C2)ccn1. The highest BCUT2D eigenvalue weighted by atomic mass is 16.5. The second kappa shape index (κ2) is 8.38. The summed E-state index contributed by atoms with van der Waals surface area (Å²) in [5, 5.41) is 4.00. The van der Waals surface area contributed by atoms with Gasteiger partial charge in [0, 0.05) is 36.5 Å². The van der Waals surface area contributed by atoms with Gasteiger partial charge in [-0.1, -0.05) is 13.0 Å². The van der Waals surface area contributed by atoms with Gasteiger partial charge in [-0.25, -0.2) is 5.53 Å². The number of carbonyl (C=O) groups is 1. The standard InChI is InChI=1S/C21H26N6O2/c1-2-16-11-15(8-9-23-16)21(28)27-10-4-5-14(12-27)13-29-18-7-3-6-17-19(18)20(22)25-26-24-17/h3,6-9,11,14,24,26H,2,4-5,10,12-13H2,1H3,(H2,22,25)/t14-/m0/s1. The Kier molecular flexibility index (Phi) is 5.50. The fourth-order valence-corrected chi connectivity index (χ4v) is 3.80. The van der Waals surface area contributed by atoms with Crippen molar-refractivity contribution in [2.75, 3.05) is 25.1 Å². The molecule has 3 heterocycles. The normalized spacial score (nSPS) is 18.2. The predicted octanol–water partition coefficient (Wildman–Crippen LogP) is 2.13. The molecule has 1 aromatic heterocycles. The molecule has 8 nitrogen and oxygen atoms in total. The maximum absolute atomic E-state index is 12.9. The lowest BCUT2D eigenvalue weighted by atomic mass is 9.98. The van der Waals surface area contributed by atoms with Crippen LogP contribution in [0, 0.1) is 5.92 Å². The van der Waals surface area contributed by atoms with Gasteiger partial charge in [0.25, 0.3) is 5.91 Å². The summed E-state index contributed by atoms with van der Waals surface area (Å²) in [6.45, 7) is 4.02. The fourth-order valence-electron chi connectivity index (χ4n) is 3.80. The molecule has 152 valence electrons. The molecule has 0 bridgehead atoms. The number of hydrogen-bond acceptors (Lipinski definition) is 7. The van der Waals surface area contributed by atoms with E-state index in [9.17, 15) is 4.79 Å². The van der Waals surface area contributed by atoms with E-state index in [1.807, 2.05) is 36.1 Å². The number of piperidine rings is 1. The second-order valence-corrected chi connectivity index (χ2v) is 7.37. The molecule has 1 aromatic carbocycles. The van der Waals surface area contributed by atoms with Crippen molar-refractivity contribution < 1.29 is 9.53 Å². The van der Waals surface area contributed by atoms with Crippen molar-refractivity contribution in [2.45, 2.75) is 26.2 Å². The minimum absolute atomic E-state index is 0.0653. The Morgan fingerprint density at radius 3 is 3.14 bits per heavy atom. The summed E-state index contributed by atoms with van der Waals surface area (Å²) in [5.74, 6) is 1.42. The third kappa shape index (κ3) is 4.11. The highest BCUT2D eigenvalue weighted by molar-refractivity contribution is 6.05. The molecule has 2 aromatic rings. The van der Waals surface area contributed by atoms with E-state index < -0.39 is 0 Å². The minimum Gasteiger partial charge on any atom is -0.492 e. The van der Waals surface area contributed by atoms with Crippen LogP contribution in [0.1, 0.15) is 41.4 Å². The number of carbonyl (C=O) groups excluding carboxylic acids is 1. The van der Waals surface area contributed by atoms with Crippen LogP contribution in [0.25, 0.3) is 0 Å². The van der Waals surface area contributed by atoms with Crippen LogP contribution in [0.4, 0.5) is 5.69 Å². The van der Waals surface area contributed by atoms with Crippen molar-refractivity contribution in [3.05, 3.63) is 53.3 Å². The van der Waals surface area contributed by atoms with E-state index >= 15 is 0 Å². The fraction of sp³-hybridized carbons (Fsp3) is 0.381. The number of likely N-dealkylation sites (tertiary alicyclic amines) is 1. The van der Waals surface area contributed by atoms with E-state index in [0.29, 0.717) is 30.3 Å². The van der Waals surface area contributed by atoms with Crippen molar-refractivity contribution >= 4 is 17.4 Å². The smallest absolute Gasteiger partial charge is 0.253 e. The van der Waals surface area contributed by atoms with Gasteiger partial charge in [0.1, 0.15) is 5.75 Å². The summed E-state index contributed by atoms with van der Waals surface area (Å²) >= 11 is 0. The van der Waals surface area contributed by atoms with Crippen LogP contribution >= 0.6 is 0 Å². The Labute approximate surface area is 170 Å². The first-order valence-corrected chi connectivity index (χ1v) is 10.00. The number of rotatable bonds is 5. The second-order valence-electron chi connectivity index (χ2n) is 7.37. The molecule has 8 heteroatoms. The lowest BCUT2D eigenvalue weighted by Gasteiger charge is -2.33. The zero-order chi connectivity index (χ0) is 20.2. The summed E-state index contributed by atoms with van der Waals surface area (Å²) in [4.78, 5) is 19.1. The number of fused-ring (bicyclic) bond motifs is 1. The molecule has 1 amide bonds. The van der Waals surface area contributed by atoms with Crippen molar-refractivity contribution in [1.29, 1.82) is 0 Å². The van der Waals surface area contributed by atoms with Gasteiger partial charge in [-0.05, 0) is 43.5 Å². The Morgan fingerprint density at radius 1 is 1.38 bits per heavy atom. The quantitative estimate of drug-likeness (QED) is 0.718. The first-order valence-electron chi connectivity index (χ1n) is 10.00. The number of aryl methyl sites for hydroxylation is 1. The molecule has 0 spiro atoms. The average Bonchev–Trinajstić information content (AvgIpc) is 2.77. The van der Waals surface area contributed by atoms with E-state index in [1.54, 1.807) is 12.3 Å². The predicted molar refractivity (Wildman–Crippen MR) is 112 cm³/mol. The van der Waals surface area contributed by atoms with Crippen LogP contribution in [-0.4, -0.2) is 41.3 Å². The highest BCUT2D eigenvalue weighted by Gasteiger charge is 2.26. The maximum atomic E-state index is 12.9. The molecule has 0 aliphatic carbocycles. The van der Waals surface area contributed by atoms with Crippen LogP contribution in [0.3, 0.4) is 0 Å². The van der Waals surface area contributed by atoms with Crippen LogP contribution < -0.4 is 21.4 Å². The van der Waals surface area contributed by atoms with Crippen LogP contribution in [0.15, 0.2) is 41.6 Å². The number of hydrazone groups is 1. The Hall–Kier alpha value is -3.29. The first-order chi connectivity index (χ1) is 14.2. The summed E-state index contributed by atoms with van der Waals surface area (Å²) < 4.78 is 6.11. The van der Waals surface area contributed by atoms with Gasteiger partial charge >= 0.3 is 0 Å². The molecule has 1 fully saturated rings. The van der Waals surface area contributed by atoms with Crippen molar-refractivity contribution in [2.24, 2.45) is 16.8 Å². The van der Waals surface area contributed by atoms with Crippen molar-refractivity contribution in [3.8, 4) is 5.75 Å². The van der Waals surface area contributed by atoms with Crippen LogP contribution in [-0.2, 0) is 6.42 Å². The number of anilines is 1. The molecule has 1 atom stereocenters. The van der Waals surface area contributed by atoms with Gasteiger partial charge in [-0.2, -0.15) is 0 Å². The summed E-state index contributed by atoms with van der Waals surface area (Å²) in [7, 11) is 0. The largest absolute Gasteiger partial charge is 0.492 e. The Bertz CT molecular complexity index is 929. The number of aromatic nitrogens is 1. The summed E-state index contributed by atoms with van der Waals surface area (Å²) in [5.41, 5.74) is 14.9. The number of hydrogen-bond donors (Lipinski definition) is 3. The number of amidine groups is 1. The van der Waals surface area contributed by atoms with Gasteiger partial charge in [0.15, 0.2) is 5.84 Å². The highest BCUT2D eigenvalue weighted by Crippen LogP contribution is 2.29. The van der Waals surface area contributed by atoms with E-state index in [1.165, 1.54) is 0 Å². The lowest BCUT2D eigenvalue weighted by molar-refractivity contribution is 0.0633. The number of nitrogens with one attached hydrogen (secondary N) is 2. The summed E-state index contributed by atoms with van der Waals surface area (Å²) in [6, 6.07) is 9.40. The molecule has 4 rings (SSSR count). The molecule has 29 heavy (non-hydrogen) atoms.